The van der Waals surface area contributed by atoms with Crippen LogP contribution >= 0.6 is 0 Å². The van der Waals surface area contributed by atoms with E-state index in [4.69, 9.17) is 10.5 Å². The molecule has 0 amide bonds. The van der Waals surface area contributed by atoms with Gasteiger partial charge in [0.15, 0.2) is 0 Å². The summed E-state index contributed by atoms with van der Waals surface area (Å²) < 4.78 is 5.83. The maximum atomic E-state index is 5.98. The SMILES string of the molecule is C=C(C)CCCOC(C)(C)CC(C)(C)N. The Hall–Kier alpha value is -0.340. The fourth-order valence-electron chi connectivity index (χ4n) is 1.87. The first kappa shape index (κ1) is 14.7. The minimum atomic E-state index is -0.169. The van der Waals surface area contributed by atoms with Crippen LogP contribution in [0.4, 0.5) is 0 Å². The highest BCUT2D eigenvalue weighted by Gasteiger charge is 2.26. The second-order valence-corrected chi connectivity index (χ2v) is 5.83. The highest BCUT2D eigenvalue weighted by atomic mass is 16.5. The molecule has 0 aromatic rings. The lowest BCUT2D eigenvalue weighted by atomic mass is 9.90. The van der Waals surface area contributed by atoms with Gasteiger partial charge in [0.1, 0.15) is 0 Å². The molecule has 0 rings (SSSR count). The standard InChI is InChI=1S/C13H27NO/c1-11(2)8-7-9-15-13(5,6)10-12(3,4)14/h1,7-10,14H2,2-6H3. The third-order valence-electron chi connectivity index (χ3n) is 2.12. The predicted molar refractivity (Wildman–Crippen MR) is 67.0 cm³/mol. The lowest BCUT2D eigenvalue weighted by Gasteiger charge is -2.32. The molecular weight excluding hydrogens is 186 g/mol. The van der Waals surface area contributed by atoms with Gasteiger partial charge in [0.25, 0.3) is 0 Å². The molecule has 0 unspecified atom stereocenters. The summed E-state index contributed by atoms with van der Waals surface area (Å²) in [6.07, 6.45) is 2.96. The van der Waals surface area contributed by atoms with Crippen LogP contribution in [-0.2, 0) is 4.74 Å². The van der Waals surface area contributed by atoms with Crippen molar-refractivity contribution in [1.82, 2.24) is 0 Å². The number of rotatable bonds is 7. The monoisotopic (exact) mass is 213 g/mol. The van der Waals surface area contributed by atoms with Gasteiger partial charge in [-0.2, -0.15) is 0 Å². The first-order chi connectivity index (χ1) is 6.62. The molecular formula is C13H27NO. The van der Waals surface area contributed by atoms with Crippen molar-refractivity contribution in [3.63, 3.8) is 0 Å². The fraction of sp³-hybridized carbons (Fsp3) is 0.846. The maximum Gasteiger partial charge on any atom is 0.0643 e. The van der Waals surface area contributed by atoms with Crippen molar-refractivity contribution < 1.29 is 4.74 Å². The van der Waals surface area contributed by atoms with Crippen LogP contribution in [0.15, 0.2) is 12.2 Å². The lowest BCUT2D eigenvalue weighted by Crippen LogP contribution is -2.41. The molecule has 15 heavy (non-hydrogen) atoms. The van der Waals surface area contributed by atoms with Gasteiger partial charge in [-0.05, 0) is 53.9 Å². The number of hydrogen-bond acceptors (Lipinski definition) is 2. The summed E-state index contributed by atoms with van der Waals surface area (Å²) in [6.45, 7) is 15.0. The van der Waals surface area contributed by atoms with E-state index in [1.54, 1.807) is 0 Å². The van der Waals surface area contributed by atoms with E-state index in [1.165, 1.54) is 5.57 Å². The van der Waals surface area contributed by atoms with E-state index >= 15 is 0 Å². The van der Waals surface area contributed by atoms with Crippen molar-refractivity contribution in [2.75, 3.05) is 6.61 Å². The van der Waals surface area contributed by atoms with Crippen LogP contribution in [0.25, 0.3) is 0 Å². The molecule has 0 bridgehead atoms. The average Bonchev–Trinajstić information content (AvgIpc) is 1.93. The third kappa shape index (κ3) is 9.95. The van der Waals surface area contributed by atoms with Crippen LogP contribution in [-0.4, -0.2) is 17.7 Å². The van der Waals surface area contributed by atoms with Crippen molar-refractivity contribution in [2.24, 2.45) is 5.73 Å². The summed E-state index contributed by atoms with van der Waals surface area (Å²) >= 11 is 0. The summed E-state index contributed by atoms with van der Waals surface area (Å²) in [6, 6.07) is 0. The van der Waals surface area contributed by atoms with Gasteiger partial charge in [0, 0.05) is 12.1 Å². The second-order valence-electron chi connectivity index (χ2n) is 5.83. The Morgan fingerprint density at radius 3 is 2.20 bits per heavy atom. The maximum absolute atomic E-state index is 5.98. The summed E-state index contributed by atoms with van der Waals surface area (Å²) in [7, 11) is 0. The predicted octanol–water partition coefficient (Wildman–Crippen LogP) is 3.27. The van der Waals surface area contributed by atoms with E-state index in [-0.39, 0.29) is 11.1 Å². The van der Waals surface area contributed by atoms with E-state index in [0.29, 0.717) is 0 Å². The van der Waals surface area contributed by atoms with Crippen LogP contribution < -0.4 is 5.73 Å². The minimum Gasteiger partial charge on any atom is -0.375 e. The molecule has 0 aromatic heterocycles. The van der Waals surface area contributed by atoms with Crippen molar-refractivity contribution >= 4 is 0 Å². The van der Waals surface area contributed by atoms with E-state index in [0.717, 1.165) is 25.9 Å². The highest BCUT2D eigenvalue weighted by molar-refractivity contribution is 4.87. The lowest BCUT2D eigenvalue weighted by molar-refractivity contribution is -0.0353. The molecule has 0 saturated heterocycles. The number of hydrogen-bond donors (Lipinski definition) is 1. The summed E-state index contributed by atoms with van der Waals surface area (Å²) in [5, 5.41) is 0. The van der Waals surface area contributed by atoms with Crippen LogP contribution in [0.5, 0.6) is 0 Å². The molecule has 0 aliphatic heterocycles. The molecule has 0 heterocycles. The van der Waals surface area contributed by atoms with Gasteiger partial charge in [-0.1, -0.05) is 5.57 Å². The molecule has 2 N–H and O–H groups in total. The molecule has 0 aliphatic rings. The molecule has 0 atom stereocenters. The first-order valence-electron chi connectivity index (χ1n) is 5.70. The first-order valence-corrected chi connectivity index (χ1v) is 5.70. The Morgan fingerprint density at radius 1 is 1.27 bits per heavy atom. The van der Waals surface area contributed by atoms with Crippen LogP contribution in [0.2, 0.25) is 0 Å². The Labute approximate surface area is 94.9 Å². The summed E-state index contributed by atoms with van der Waals surface area (Å²) in [4.78, 5) is 0. The van der Waals surface area contributed by atoms with Gasteiger partial charge >= 0.3 is 0 Å². The molecule has 0 fully saturated rings. The normalized spacial score (nSPS) is 12.9. The van der Waals surface area contributed by atoms with Gasteiger partial charge in [-0.25, -0.2) is 0 Å². The molecule has 2 nitrogen and oxygen atoms in total. The fourth-order valence-corrected chi connectivity index (χ4v) is 1.87. The Balaban J connectivity index is 3.79. The quantitative estimate of drug-likeness (QED) is 0.520. The van der Waals surface area contributed by atoms with E-state index in [9.17, 15) is 0 Å². The van der Waals surface area contributed by atoms with Crippen LogP contribution in [0.1, 0.15) is 53.9 Å². The van der Waals surface area contributed by atoms with Crippen LogP contribution in [0.3, 0.4) is 0 Å². The molecule has 90 valence electrons. The molecule has 0 aliphatic carbocycles. The molecule has 0 radical (unpaired) electrons. The Bertz CT molecular complexity index is 201. The van der Waals surface area contributed by atoms with Gasteiger partial charge in [0.2, 0.25) is 0 Å². The topological polar surface area (TPSA) is 35.2 Å². The van der Waals surface area contributed by atoms with Gasteiger partial charge in [-0.15, -0.1) is 6.58 Å². The van der Waals surface area contributed by atoms with Crippen molar-refractivity contribution in [2.45, 2.75) is 65.0 Å². The van der Waals surface area contributed by atoms with Crippen LogP contribution in [0, 0.1) is 0 Å². The van der Waals surface area contributed by atoms with Gasteiger partial charge in [0.05, 0.1) is 5.60 Å². The zero-order valence-electron chi connectivity index (χ0n) is 11.0. The Morgan fingerprint density at radius 2 is 1.80 bits per heavy atom. The number of ether oxygens (including phenoxy) is 1. The third-order valence-corrected chi connectivity index (χ3v) is 2.12. The highest BCUT2D eigenvalue weighted by Crippen LogP contribution is 2.22. The van der Waals surface area contributed by atoms with Crippen molar-refractivity contribution in [1.29, 1.82) is 0 Å². The molecule has 0 aromatic carbocycles. The van der Waals surface area contributed by atoms with E-state index in [1.807, 2.05) is 20.8 Å². The van der Waals surface area contributed by atoms with Gasteiger partial charge in [-0.3, -0.25) is 0 Å². The molecule has 0 saturated carbocycles. The smallest absolute Gasteiger partial charge is 0.0643 e. The largest absolute Gasteiger partial charge is 0.375 e. The molecule has 0 spiro atoms. The summed E-state index contributed by atoms with van der Waals surface area (Å²) in [5.41, 5.74) is 6.90. The zero-order valence-corrected chi connectivity index (χ0v) is 11.0. The zero-order chi connectivity index (χ0) is 12.1. The average molecular weight is 213 g/mol. The number of nitrogens with two attached hydrogens (primary N) is 1. The van der Waals surface area contributed by atoms with E-state index < -0.39 is 0 Å². The Kier molecular flexibility index (Phi) is 5.54. The van der Waals surface area contributed by atoms with E-state index in [2.05, 4.69) is 20.4 Å². The van der Waals surface area contributed by atoms with Gasteiger partial charge < -0.3 is 10.5 Å². The number of allylic oxidation sites excluding steroid dienone is 1. The summed E-state index contributed by atoms with van der Waals surface area (Å²) in [5.74, 6) is 0. The van der Waals surface area contributed by atoms with Crippen molar-refractivity contribution in [3.8, 4) is 0 Å². The minimum absolute atomic E-state index is 0.132. The van der Waals surface area contributed by atoms with Crippen molar-refractivity contribution in [3.05, 3.63) is 12.2 Å². The second kappa shape index (κ2) is 5.66. The molecule has 2 heteroatoms.